The van der Waals surface area contributed by atoms with Gasteiger partial charge in [-0.2, -0.15) is 6.08 Å². The van der Waals surface area contributed by atoms with E-state index in [1.165, 1.54) is 56.5 Å². The summed E-state index contributed by atoms with van der Waals surface area (Å²) in [7, 11) is 0. The molecule has 0 saturated carbocycles. The Labute approximate surface area is 197 Å². The zero-order chi connectivity index (χ0) is 18.9. The standard InChI is InChI=1S/C13H9.C9H13.C2H6Si.2ClH.Hf/c1-3-7-12-10(5-1)9-11-6-2-4-8-13(11)12;1-3-8-5-6-9(4-2)7-8;1-3-2;;;/h1-9H;5-6,8H,3-4H2,1-2H3;1-2H3;2*1H;/q2*-1;;;;+2/p-2. The fourth-order valence-electron chi connectivity index (χ4n) is 2.93. The molecule has 0 nitrogen and oxygen atoms in total. The molecular formula is C24H28Cl2HfSi-2. The van der Waals surface area contributed by atoms with E-state index < -0.39 is 0 Å². The van der Waals surface area contributed by atoms with Crippen molar-refractivity contribution in [1.29, 1.82) is 0 Å². The molecule has 3 aromatic carbocycles. The molecule has 1 unspecified atom stereocenters. The normalized spacial score (nSPS) is 14.1. The fraction of sp³-hybridized carbons (Fsp3) is 0.292. The van der Waals surface area contributed by atoms with Crippen LogP contribution in [0.3, 0.4) is 0 Å². The van der Waals surface area contributed by atoms with Gasteiger partial charge in [0.2, 0.25) is 0 Å². The second-order valence-corrected chi connectivity index (χ2v) is 19.5. The van der Waals surface area contributed by atoms with Gasteiger partial charge in [0, 0.05) is 0 Å². The van der Waals surface area contributed by atoms with Crippen LogP contribution in [0.25, 0.3) is 21.5 Å². The first-order valence-corrected chi connectivity index (χ1v) is 17.3. The summed E-state index contributed by atoms with van der Waals surface area (Å²) in [6.45, 7) is 9.03. The van der Waals surface area contributed by atoms with Gasteiger partial charge in [-0.05, 0) is 0 Å². The van der Waals surface area contributed by atoms with Crippen LogP contribution in [0.4, 0.5) is 0 Å². The third kappa shape index (κ3) is 8.45. The number of fused-ring (bicyclic) bond motifs is 3. The largest absolute Gasteiger partial charge is 1.00 e. The van der Waals surface area contributed by atoms with Crippen LogP contribution in [0, 0.1) is 12.0 Å². The van der Waals surface area contributed by atoms with E-state index >= 15 is 0 Å². The summed E-state index contributed by atoms with van der Waals surface area (Å²) in [5.41, 5.74) is 1.64. The van der Waals surface area contributed by atoms with Crippen LogP contribution in [-0.4, -0.2) is 5.49 Å². The van der Waals surface area contributed by atoms with Crippen molar-refractivity contribution >= 4 is 27.0 Å². The van der Waals surface area contributed by atoms with E-state index in [1.54, 1.807) is 0 Å². The van der Waals surface area contributed by atoms with Gasteiger partial charge in [0.25, 0.3) is 0 Å². The topological polar surface area (TPSA) is 0 Å². The summed E-state index contributed by atoms with van der Waals surface area (Å²) < 4.78 is 0. The Hall–Kier alpha value is -0.543. The predicted molar refractivity (Wildman–Crippen MR) is 114 cm³/mol. The van der Waals surface area contributed by atoms with Crippen molar-refractivity contribution in [3.8, 4) is 0 Å². The second kappa shape index (κ2) is 14.4. The minimum atomic E-state index is 0. The average Bonchev–Trinajstić information content (AvgIpc) is 3.26. The van der Waals surface area contributed by atoms with Gasteiger partial charge in [-0.25, -0.2) is 11.6 Å². The molecule has 1 aliphatic rings. The maximum Gasteiger partial charge on any atom is -0.0771 e. The number of hydrogen-bond donors (Lipinski definition) is 0. The van der Waals surface area contributed by atoms with Crippen LogP contribution in [-0.2, 0) is 23.0 Å². The first kappa shape index (κ1) is 27.5. The van der Waals surface area contributed by atoms with Gasteiger partial charge in [0.05, 0.1) is 0 Å². The number of hydrogen-bond acceptors (Lipinski definition) is 0. The molecule has 28 heavy (non-hydrogen) atoms. The maximum absolute atomic E-state index is 3.40. The van der Waals surface area contributed by atoms with Crippen molar-refractivity contribution in [2.24, 2.45) is 5.92 Å². The fourth-order valence-corrected chi connectivity index (χ4v) is 2.93. The van der Waals surface area contributed by atoms with E-state index in [1.807, 2.05) is 0 Å². The quantitative estimate of drug-likeness (QED) is 0.310. The summed E-state index contributed by atoms with van der Waals surface area (Å²) in [5, 5.41) is 5.39. The molecule has 0 radical (unpaired) electrons. The third-order valence-corrected chi connectivity index (χ3v) is 4.24. The zero-order valence-corrected chi connectivity index (χ0v) is 23.2. The van der Waals surface area contributed by atoms with E-state index in [-0.39, 0.29) is 30.3 Å². The van der Waals surface area contributed by atoms with Gasteiger partial charge in [-0.1, -0.05) is 69.0 Å². The SMILES string of the molecule is CCC1=[C-]C(CC)C=C1.C[Si](C)=[Hf+2].[Cl-].[Cl-].c1ccc2c(c1)[cH-]c1ccccc12. The summed E-state index contributed by atoms with van der Waals surface area (Å²) in [6, 6.07) is 19.3. The van der Waals surface area contributed by atoms with Crippen molar-refractivity contribution in [3.63, 3.8) is 0 Å². The first-order chi connectivity index (χ1) is 12.5. The molecule has 4 rings (SSSR count). The summed E-state index contributed by atoms with van der Waals surface area (Å²) >= 11 is 1.45. The monoisotopic (exact) mass is 594 g/mol. The molecule has 0 N–H and O–H groups in total. The van der Waals surface area contributed by atoms with E-state index in [0.717, 1.165) is 6.42 Å². The van der Waals surface area contributed by atoms with Crippen molar-refractivity contribution in [2.75, 3.05) is 0 Å². The van der Waals surface area contributed by atoms with E-state index in [0.29, 0.717) is 5.92 Å². The third-order valence-electron chi connectivity index (χ3n) is 4.24. The molecule has 3 aromatic rings. The van der Waals surface area contributed by atoms with Gasteiger partial charge in [0.1, 0.15) is 0 Å². The molecule has 0 saturated heterocycles. The molecule has 0 fully saturated rings. The number of allylic oxidation sites excluding steroid dienone is 4. The van der Waals surface area contributed by atoms with Gasteiger partial charge < -0.3 is 24.8 Å². The minimum Gasteiger partial charge on any atom is -1.00 e. The molecule has 148 valence electrons. The Balaban J connectivity index is 0.000000432. The van der Waals surface area contributed by atoms with Gasteiger partial charge >= 0.3 is 41.6 Å². The zero-order valence-electron chi connectivity index (χ0n) is 17.1. The molecular weight excluding hydrogens is 566 g/mol. The Morgan fingerprint density at radius 1 is 0.929 bits per heavy atom. The maximum atomic E-state index is 3.40. The van der Waals surface area contributed by atoms with E-state index in [9.17, 15) is 0 Å². The summed E-state index contributed by atoms with van der Waals surface area (Å²) in [5.74, 6) is 0.611. The van der Waals surface area contributed by atoms with Crippen LogP contribution in [0.15, 0.2) is 72.3 Å². The van der Waals surface area contributed by atoms with Crippen molar-refractivity contribution in [2.45, 2.75) is 39.8 Å². The molecule has 0 aromatic heterocycles. The average molecular weight is 594 g/mol. The summed E-state index contributed by atoms with van der Waals surface area (Å²) in [6.07, 6.45) is 10.1. The molecule has 0 amide bonds. The smallest absolute Gasteiger partial charge is 0.0771 e. The summed E-state index contributed by atoms with van der Waals surface area (Å²) in [4.78, 5) is 0. The predicted octanol–water partition coefficient (Wildman–Crippen LogP) is 1.23. The molecule has 0 heterocycles. The van der Waals surface area contributed by atoms with E-state index in [4.69, 9.17) is 0 Å². The van der Waals surface area contributed by atoms with Gasteiger partial charge in [0.15, 0.2) is 0 Å². The Morgan fingerprint density at radius 2 is 1.39 bits per heavy atom. The Kier molecular flexibility index (Phi) is 14.2. The van der Waals surface area contributed by atoms with E-state index in [2.05, 4.69) is 99.8 Å². The van der Waals surface area contributed by atoms with Crippen molar-refractivity contribution in [1.82, 2.24) is 0 Å². The molecule has 1 aliphatic carbocycles. The van der Waals surface area contributed by atoms with Crippen LogP contribution >= 0.6 is 0 Å². The van der Waals surface area contributed by atoms with Crippen LogP contribution in [0.5, 0.6) is 0 Å². The number of benzene rings is 2. The molecule has 0 spiro atoms. The van der Waals surface area contributed by atoms with Gasteiger partial charge in [-0.15, -0.1) is 39.7 Å². The van der Waals surface area contributed by atoms with Crippen LogP contribution < -0.4 is 24.8 Å². The Bertz CT molecular complexity index is 870. The van der Waals surface area contributed by atoms with Crippen LogP contribution in [0.2, 0.25) is 13.1 Å². The molecule has 4 heteroatoms. The second-order valence-electron chi connectivity index (χ2n) is 6.72. The molecule has 0 aliphatic heterocycles. The van der Waals surface area contributed by atoms with Crippen LogP contribution in [0.1, 0.15) is 26.7 Å². The number of rotatable bonds is 2. The molecule has 0 bridgehead atoms. The Morgan fingerprint density at radius 3 is 1.75 bits per heavy atom. The number of halogens is 2. The minimum absolute atomic E-state index is 0. The van der Waals surface area contributed by atoms with Gasteiger partial charge in [-0.3, -0.25) is 6.08 Å². The molecule has 1 atom stereocenters. The first-order valence-electron chi connectivity index (χ1n) is 9.40. The van der Waals surface area contributed by atoms with Crippen molar-refractivity contribution in [3.05, 3.63) is 78.4 Å². The van der Waals surface area contributed by atoms with Crippen molar-refractivity contribution < 1.29 is 47.8 Å².